The Balaban J connectivity index is 1.84. The van der Waals surface area contributed by atoms with Crippen molar-refractivity contribution >= 4 is 38.3 Å². The molecule has 2 rings (SSSR count). The maximum absolute atomic E-state index is 11.5. The van der Waals surface area contributed by atoms with Crippen LogP contribution in [0.3, 0.4) is 0 Å². The molecule has 0 bridgehead atoms. The molecule has 0 aliphatic rings. The van der Waals surface area contributed by atoms with Crippen LogP contribution in [0.1, 0.15) is 0 Å². The molecule has 2 aromatic rings. The van der Waals surface area contributed by atoms with E-state index in [4.69, 9.17) is 4.74 Å². The van der Waals surface area contributed by atoms with Crippen LogP contribution in [0.5, 0.6) is 5.75 Å². The molecule has 1 aromatic carbocycles. The Morgan fingerprint density at radius 3 is 3.12 bits per heavy atom. The van der Waals surface area contributed by atoms with E-state index in [0.29, 0.717) is 10.9 Å². The minimum atomic E-state index is -0.262. The van der Waals surface area contributed by atoms with Crippen LogP contribution in [-0.2, 0) is 4.79 Å². The summed E-state index contributed by atoms with van der Waals surface area (Å²) < 4.78 is 6.21. The first-order valence-electron chi connectivity index (χ1n) is 4.68. The Morgan fingerprint density at radius 1 is 1.53 bits per heavy atom. The number of nitrogens with one attached hydrogen (secondary N) is 1. The Morgan fingerprint density at radius 2 is 2.41 bits per heavy atom. The van der Waals surface area contributed by atoms with Crippen LogP contribution < -0.4 is 10.1 Å². The first-order chi connectivity index (χ1) is 8.24. The first-order valence-corrected chi connectivity index (χ1v) is 6.36. The average Bonchev–Trinajstić information content (AvgIpc) is 2.79. The third kappa shape index (κ3) is 3.79. The first kappa shape index (κ1) is 12.0. The Bertz CT molecular complexity index is 504. The summed E-state index contributed by atoms with van der Waals surface area (Å²) in [6, 6.07) is 7.29. The van der Waals surface area contributed by atoms with Crippen LogP contribution in [0.25, 0.3) is 0 Å². The summed E-state index contributed by atoms with van der Waals surface area (Å²) in [7, 11) is 0. The zero-order valence-electron chi connectivity index (χ0n) is 8.59. The van der Waals surface area contributed by atoms with E-state index in [1.165, 1.54) is 11.3 Å². The van der Waals surface area contributed by atoms with Gasteiger partial charge in [-0.2, -0.15) is 0 Å². The summed E-state index contributed by atoms with van der Waals surface area (Å²) >= 11 is 4.58. The van der Waals surface area contributed by atoms with Gasteiger partial charge in [-0.1, -0.05) is 33.3 Å². The summed E-state index contributed by atoms with van der Waals surface area (Å²) in [4.78, 5) is 11.5. The van der Waals surface area contributed by atoms with E-state index in [0.717, 1.165) is 4.47 Å². The normalized spacial score (nSPS) is 9.94. The van der Waals surface area contributed by atoms with Crippen LogP contribution >= 0.6 is 27.3 Å². The van der Waals surface area contributed by atoms with Crippen LogP contribution in [0.15, 0.2) is 34.2 Å². The monoisotopic (exact) mass is 313 g/mol. The Kier molecular flexibility index (Phi) is 4.05. The molecule has 0 radical (unpaired) electrons. The SMILES string of the molecule is O=C(COc1cccc(Br)c1)Nc1nncs1. The van der Waals surface area contributed by atoms with Gasteiger partial charge in [0.1, 0.15) is 11.3 Å². The van der Waals surface area contributed by atoms with E-state index < -0.39 is 0 Å². The summed E-state index contributed by atoms with van der Waals surface area (Å²) in [5.41, 5.74) is 1.55. The molecular formula is C10H8BrN3O2S. The minimum absolute atomic E-state index is 0.0595. The topological polar surface area (TPSA) is 64.1 Å². The minimum Gasteiger partial charge on any atom is -0.484 e. The van der Waals surface area contributed by atoms with Gasteiger partial charge in [0.15, 0.2) is 6.61 Å². The van der Waals surface area contributed by atoms with Crippen molar-refractivity contribution in [2.75, 3.05) is 11.9 Å². The Hall–Kier alpha value is -1.47. The van der Waals surface area contributed by atoms with Gasteiger partial charge in [-0.05, 0) is 18.2 Å². The molecule has 0 atom stereocenters. The van der Waals surface area contributed by atoms with E-state index in [2.05, 4.69) is 31.4 Å². The lowest BCUT2D eigenvalue weighted by Crippen LogP contribution is -2.20. The molecule has 5 nitrogen and oxygen atoms in total. The summed E-state index contributed by atoms with van der Waals surface area (Å²) in [5.74, 6) is 0.369. The second-order valence-electron chi connectivity index (χ2n) is 3.04. The van der Waals surface area contributed by atoms with Crippen molar-refractivity contribution in [2.45, 2.75) is 0 Å². The summed E-state index contributed by atoms with van der Waals surface area (Å²) in [5, 5.41) is 10.4. The zero-order valence-corrected chi connectivity index (χ0v) is 11.0. The third-order valence-corrected chi connectivity index (χ3v) is 2.87. The van der Waals surface area contributed by atoms with Crippen LogP contribution in [0.2, 0.25) is 0 Å². The number of anilines is 1. The highest BCUT2D eigenvalue weighted by Crippen LogP contribution is 2.17. The number of hydrogen-bond acceptors (Lipinski definition) is 5. The number of benzene rings is 1. The number of halogens is 1. The van der Waals surface area contributed by atoms with Gasteiger partial charge in [-0.3, -0.25) is 10.1 Å². The molecular weight excluding hydrogens is 306 g/mol. The molecule has 17 heavy (non-hydrogen) atoms. The lowest BCUT2D eigenvalue weighted by Gasteiger charge is -2.05. The molecule has 0 saturated heterocycles. The van der Waals surface area contributed by atoms with Crippen molar-refractivity contribution in [1.29, 1.82) is 0 Å². The molecule has 7 heteroatoms. The number of carbonyl (C=O) groups is 1. The molecule has 0 unspecified atom stereocenters. The van der Waals surface area contributed by atoms with Gasteiger partial charge in [0.2, 0.25) is 5.13 Å². The van der Waals surface area contributed by atoms with E-state index >= 15 is 0 Å². The quantitative estimate of drug-likeness (QED) is 0.940. The van der Waals surface area contributed by atoms with Crippen molar-refractivity contribution in [3.63, 3.8) is 0 Å². The maximum Gasteiger partial charge on any atom is 0.264 e. The number of nitrogens with zero attached hydrogens (tertiary/aromatic N) is 2. The van der Waals surface area contributed by atoms with Crippen molar-refractivity contribution in [3.05, 3.63) is 34.2 Å². The summed E-state index contributed by atoms with van der Waals surface area (Å²) in [6.07, 6.45) is 0. The highest BCUT2D eigenvalue weighted by Gasteiger charge is 2.05. The maximum atomic E-state index is 11.5. The molecule has 88 valence electrons. The third-order valence-electron chi connectivity index (χ3n) is 1.77. The van der Waals surface area contributed by atoms with Crippen molar-refractivity contribution < 1.29 is 9.53 Å². The molecule has 1 amide bonds. The van der Waals surface area contributed by atoms with Crippen LogP contribution in [0, 0.1) is 0 Å². The van der Waals surface area contributed by atoms with Gasteiger partial charge >= 0.3 is 0 Å². The fourth-order valence-corrected chi connectivity index (χ4v) is 1.93. The predicted octanol–water partition coefficient (Wildman–Crippen LogP) is 2.32. The van der Waals surface area contributed by atoms with Gasteiger partial charge in [-0.25, -0.2) is 0 Å². The van der Waals surface area contributed by atoms with Crippen molar-refractivity contribution in [1.82, 2.24) is 10.2 Å². The van der Waals surface area contributed by atoms with Crippen molar-refractivity contribution in [3.8, 4) is 5.75 Å². The molecule has 0 saturated carbocycles. The second-order valence-corrected chi connectivity index (χ2v) is 4.79. The predicted molar refractivity (Wildman–Crippen MR) is 68.2 cm³/mol. The smallest absolute Gasteiger partial charge is 0.264 e. The number of carbonyl (C=O) groups excluding carboxylic acids is 1. The number of amides is 1. The number of ether oxygens (including phenoxy) is 1. The molecule has 0 spiro atoms. The lowest BCUT2D eigenvalue weighted by molar-refractivity contribution is -0.118. The number of aromatic nitrogens is 2. The molecule has 0 aliphatic heterocycles. The fraction of sp³-hybridized carbons (Fsp3) is 0.100. The number of hydrogen-bond donors (Lipinski definition) is 1. The highest BCUT2D eigenvalue weighted by molar-refractivity contribution is 9.10. The highest BCUT2D eigenvalue weighted by atomic mass is 79.9. The molecule has 1 heterocycles. The standard InChI is InChI=1S/C10H8BrN3O2S/c11-7-2-1-3-8(4-7)16-5-9(15)13-10-14-12-6-17-10/h1-4,6H,5H2,(H,13,14,15). The van der Waals surface area contributed by atoms with Crippen molar-refractivity contribution in [2.24, 2.45) is 0 Å². The zero-order chi connectivity index (χ0) is 12.1. The average molecular weight is 314 g/mol. The largest absolute Gasteiger partial charge is 0.484 e. The van der Waals surface area contributed by atoms with Gasteiger partial charge in [0.05, 0.1) is 0 Å². The fourth-order valence-electron chi connectivity index (χ4n) is 1.09. The van der Waals surface area contributed by atoms with E-state index in [-0.39, 0.29) is 12.5 Å². The van der Waals surface area contributed by atoms with Gasteiger partial charge in [-0.15, -0.1) is 10.2 Å². The van der Waals surface area contributed by atoms with E-state index in [1.807, 2.05) is 12.1 Å². The Labute approximate surface area is 110 Å². The molecule has 0 fully saturated rings. The molecule has 1 aromatic heterocycles. The van der Waals surface area contributed by atoms with Gasteiger partial charge in [0, 0.05) is 4.47 Å². The molecule has 0 aliphatic carbocycles. The van der Waals surface area contributed by atoms with Gasteiger partial charge in [0.25, 0.3) is 5.91 Å². The van der Waals surface area contributed by atoms with Crippen LogP contribution in [0.4, 0.5) is 5.13 Å². The van der Waals surface area contributed by atoms with E-state index in [1.54, 1.807) is 17.6 Å². The van der Waals surface area contributed by atoms with Gasteiger partial charge < -0.3 is 4.74 Å². The lowest BCUT2D eigenvalue weighted by atomic mass is 10.3. The summed E-state index contributed by atoms with van der Waals surface area (Å²) in [6.45, 7) is -0.0595. The second kappa shape index (κ2) is 5.74. The van der Waals surface area contributed by atoms with E-state index in [9.17, 15) is 4.79 Å². The number of rotatable bonds is 4. The van der Waals surface area contributed by atoms with Crippen LogP contribution in [-0.4, -0.2) is 22.7 Å². The molecule has 1 N–H and O–H groups in total.